The van der Waals surface area contributed by atoms with Crippen LogP contribution in [0.25, 0.3) is 0 Å². The molecule has 11 nitrogen and oxygen atoms in total. The minimum absolute atomic E-state index is 0.00710. The van der Waals surface area contributed by atoms with Crippen LogP contribution in [0.1, 0.15) is 125 Å². The second-order valence-electron chi connectivity index (χ2n) is 17.1. The number of hydrogen-bond donors (Lipinski definition) is 6. The molecule has 2 fully saturated rings. The van der Waals surface area contributed by atoms with Gasteiger partial charge in [-0.1, -0.05) is 65.0 Å². The van der Waals surface area contributed by atoms with Crippen molar-refractivity contribution < 1.29 is 54.4 Å². The molecule has 318 valence electrons. The summed E-state index contributed by atoms with van der Waals surface area (Å²) in [4.78, 5) is 13.6. The molecule has 3 rings (SSSR count). The zero-order chi connectivity index (χ0) is 40.7. The molecule has 0 radical (unpaired) electrons. The predicted octanol–water partition coefficient (Wildman–Crippen LogP) is 5.77. The molecule has 2 saturated heterocycles. The normalized spacial score (nSPS) is 43.3. The largest absolute Gasteiger partial charge is 0.459 e. The van der Waals surface area contributed by atoms with Crippen LogP contribution in [0.15, 0.2) is 36.5 Å². The van der Waals surface area contributed by atoms with Gasteiger partial charge in [0.15, 0.2) is 5.79 Å². The third-order valence-corrected chi connectivity index (χ3v) is 12.7. The fourth-order valence-corrected chi connectivity index (χ4v) is 8.64. The van der Waals surface area contributed by atoms with Crippen molar-refractivity contribution in [2.45, 2.75) is 186 Å². The van der Waals surface area contributed by atoms with Crippen LogP contribution in [0.2, 0.25) is 0 Å². The van der Waals surface area contributed by atoms with E-state index in [4.69, 9.17) is 18.9 Å². The Morgan fingerprint density at radius 2 is 1.62 bits per heavy atom. The molecule has 3 aliphatic heterocycles. The Bertz CT molecular complexity index is 1190. The van der Waals surface area contributed by atoms with Crippen molar-refractivity contribution in [3.05, 3.63) is 36.5 Å². The van der Waals surface area contributed by atoms with Crippen LogP contribution in [0.5, 0.6) is 0 Å². The van der Waals surface area contributed by atoms with Crippen molar-refractivity contribution in [3.63, 3.8) is 0 Å². The van der Waals surface area contributed by atoms with E-state index in [1.165, 1.54) is 13.2 Å². The molecule has 1 spiro atoms. The molecule has 0 saturated carbocycles. The van der Waals surface area contributed by atoms with Crippen LogP contribution in [-0.4, -0.2) is 111 Å². The molecule has 0 aromatic rings. The summed E-state index contributed by atoms with van der Waals surface area (Å²) in [5.41, 5.74) is 0. The maximum absolute atomic E-state index is 13.6. The van der Waals surface area contributed by atoms with Crippen molar-refractivity contribution >= 4 is 5.97 Å². The Balaban J connectivity index is 1.95. The van der Waals surface area contributed by atoms with Gasteiger partial charge in [0, 0.05) is 56.3 Å². The lowest BCUT2D eigenvalue weighted by molar-refractivity contribution is -0.349. The summed E-state index contributed by atoms with van der Waals surface area (Å²) in [5.74, 6) is -2.65. The van der Waals surface area contributed by atoms with E-state index in [-0.39, 0.29) is 49.4 Å². The maximum Gasteiger partial charge on any atom is 0.330 e. The molecule has 0 unspecified atom stereocenters. The van der Waals surface area contributed by atoms with Crippen LogP contribution in [0, 0.1) is 35.5 Å². The van der Waals surface area contributed by atoms with Gasteiger partial charge in [-0.05, 0) is 89.4 Å². The van der Waals surface area contributed by atoms with E-state index in [1.807, 2.05) is 25.2 Å². The molecule has 6 N–H and O–H groups in total. The highest BCUT2D eigenvalue weighted by atomic mass is 16.7. The number of fused-ring (bicyclic) bond motifs is 2. The summed E-state index contributed by atoms with van der Waals surface area (Å²) in [6, 6.07) is 0. The van der Waals surface area contributed by atoms with Crippen molar-refractivity contribution in [3.8, 4) is 0 Å². The molecule has 0 aliphatic carbocycles. The van der Waals surface area contributed by atoms with Gasteiger partial charge >= 0.3 is 5.97 Å². The fraction of sp³-hybridized carbons (Fsp3) is 0.841. The number of methoxy groups -OCH3 is 1. The second-order valence-corrected chi connectivity index (χ2v) is 17.1. The van der Waals surface area contributed by atoms with Gasteiger partial charge in [0.25, 0.3) is 0 Å². The van der Waals surface area contributed by atoms with Crippen LogP contribution in [0.4, 0.5) is 0 Å². The first kappa shape index (κ1) is 47.7. The summed E-state index contributed by atoms with van der Waals surface area (Å²) < 4.78 is 25.6. The lowest BCUT2D eigenvalue weighted by Gasteiger charge is -2.52. The van der Waals surface area contributed by atoms with Gasteiger partial charge in [0.2, 0.25) is 0 Å². The van der Waals surface area contributed by atoms with Crippen LogP contribution < -0.4 is 0 Å². The standard InChI is InChI=1S/C44H76O11/c1-8-33-14-11-9-10-12-16-36(47)31(5)37(48)25-34(52-7)26-38(49)32(6)43(51)29(3)17-20-42(50)53-41-27-44(22-21-28(2)40(55-44)24-30(4)46)54-39(19-18-33)35(41)15-13-23-45/h9-11,14,17,20,28-41,43,45-49,51H,8,12-13,15-16,18-19,21-27H2,1-7H3/b10-9-,14-11-,20-17-/t28-,29-,30+,31+,32-,33-,34+,35+,36+,37-,38+,39-,40-,41-,43+,44-/m0/s1. The summed E-state index contributed by atoms with van der Waals surface area (Å²) in [5, 5.41) is 64.3. The minimum Gasteiger partial charge on any atom is -0.459 e. The average Bonchev–Trinajstić information content (AvgIpc) is 3.15. The number of rotatable bonds is 7. The van der Waals surface area contributed by atoms with E-state index < -0.39 is 72.2 Å². The van der Waals surface area contributed by atoms with Crippen LogP contribution >= 0.6 is 0 Å². The van der Waals surface area contributed by atoms with E-state index in [2.05, 4.69) is 19.9 Å². The number of carbonyl (C=O) groups is 1. The molecule has 2 bridgehead atoms. The Kier molecular flexibility index (Phi) is 20.5. The Morgan fingerprint density at radius 1 is 0.909 bits per heavy atom. The van der Waals surface area contributed by atoms with Gasteiger partial charge in [-0.25, -0.2) is 4.79 Å². The highest BCUT2D eigenvalue weighted by Gasteiger charge is 2.52. The summed E-state index contributed by atoms with van der Waals surface area (Å²) in [6.45, 7) is 11.4. The quantitative estimate of drug-likeness (QED) is 0.173. The SMILES string of the molecule is CC[C@H]1/C=C\C=C/CC[C@@H](O)[C@@H](C)[C@@H](O)C[C@@H](OC)C[C@@H](O)[C@H](C)[C@H](O)[C@@H](C)/C=C\C(=O)O[C@H]2C[C@@]3(CC[C@H](C)[C@H](C[C@@H](C)O)O3)O[C@@H](CC1)[C@H]2CCCO. The van der Waals surface area contributed by atoms with Gasteiger partial charge < -0.3 is 49.6 Å². The number of esters is 1. The lowest BCUT2D eigenvalue weighted by atomic mass is 9.78. The van der Waals surface area contributed by atoms with E-state index in [0.29, 0.717) is 51.4 Å². The smallest absolute Gasteiger partial charge is 0.330 e. The van der Waals surface area contributed by atoms with Crippen molar-refractivity contribution in [1.29, 1.82) is 0 Å². The average molecular weight is 781 g/mol. The second kappa shape index (κ2) is 23.7. The first-order valence-electron chi connectivity index (χ1n) is 21.2. The molecule has 0 aromatic heterocycles. The molecule has 0 amide bonds. The number of allylic oxidation sites excluding steroid dienone is 4. The van der Waals surface area contributed by atoms with Crippen molar-refractivity contribution in [2.75, 3.05) is 13.7 Å². The zero-order valence-electron chi connectivity index (χ0n) is 34.7. The van der Waals surface area contributed by atoms with E-state index >= 15 is 0 Å². The Morgan fingerprint density at radius 3 is 2.27 bits per heavy atom. The van der Waals surface area contributed by atoms with Gasteiger partial charge in [-0.3, -0.25) is 0 Å². The van der Waals surface area contributed by atoms with Gasteiger partial charge in [-0.15, -0.1) is 0 Å². The van der Waals surface area contributed by atoms with E-state index in [1.54, 1.807) is 26.8 Å². The van der Waals surface area contributed by atoms with Crippen LogP contribution in [-0.2, 0) is 23.7 Å². The lowest BCUT2D eigenvalue weighted by Crippen LogP contribution is -2.58. The Hall–Kier alpha value is -1.67. The number of ether oxygens (including phenoxy) is 4. The maximum atomic E-state index is 13.6. The summed E-state index contributed by atoms with van der Waals surface area (Å²) >= 11 is 0. The molecule has 3 aliphatic rings. The highest BCUT2D eigenvalue weighted by Crippen LogP contribution is 2.47. The summed E-state index contributed by atoms with van der Waals surface area (Å²) in [6.07, 6.45) is 13.1. The van der Waals surface area contributed by atoms with Gasteiger partial charge in [0.1, 0.15) is 6.10 Å². The minimum atomic E-state index is -0.981. The third-order valence-electron chi connectivity index (χ3n) is 12.7. The molecule has 55 heavy (non-hydrogen) atoms. The van der Waals surface area contributed by atoms with E-state index in [0.717, 1.165) is 19.3 Å². The number of aliphatic hydroxyl groups excluding tert-OH is 6. The summed E-state index contributed by atoms with van der Waals surface area (Å²) in [7, 11) is 1.52. The number of hydrogen-bond acceptors (Lipinski definition) is 11. The van der Waals surface area contributed by atoms with Crippen molar-refractivity contribution in [2.24, 2.45) is 35.5 Å². The zero-order valence-corrected chi connectivity index (χ0v) is 34.7. The number of aliphatic hydroxyl groups is 6. The molecule has 3 heterocycles. The predicted molar refractivity (Wildman–Crippen MR) is 213 cm³/mol. The van der Waals surface area contributed by atoms with Gasteiger partial charge in [0.05, 0.1) is 48.8 Å². The van der Waals surface area contributed by atoms with Gasteiger partial charge in [-0.2, -0.15) is 0 Å². The fourth-order valence-electron chi connectivity index (χ4n) is 8.64. The molecule has 11 heteroatoms. The topological polar surface area (TPSA) is 175 Å². The first-order valence-corrected chi connectivity index (χ1v) is 21.2. The first-order chi connectivity index (χ1) is 26.1. The highest BCUT2D eigenvalue weighted by molar-refractivity contribution is 5.82. The van der Waals surface area contributed by atoms with Crippen molar-refractivity contribution in [1.82, 2.24) is 0 Å². The number of carbonyl (C=O) groups excluding carboxylic acids is 1. The van der Waals surface area contributed by atoms with E-state index in [9.17, 15) is 35.4 Å². The monoisotopic (exact) mass is 781 g/mol. The molecule has 0 aromatic carbocycles. The Labute approximate surface area is 331 Å². The molecular formula is C44H76O11. The molecule has 16 atom stereocenters. The third kappa shape index (κ3) is 14.9. The molecular weight excluding hydrogens is 704 g/mol. The van der Waals surface area contributed by atoms with Crippen LogP contribution in [0.3, 0.4) is 0 Å².